The van der Waals surface area contributed by atoms with E-state index >= 15 is 0 Å². The van der Waals surface area contributed by atoms with E-state index in [0.717, 1.165) is 18.5 Å². The molecule has 0 atom stereocenters. The first-order chi connectivity index (χ1) is 7.76. The molecule has 0 aliphatic rings. The monoisotopic (exact) mass is 220 g/mol. The van der Waals surface area contributed by atoms with E-state index in [0.29, 0.717) is 13.1 Å². The second-order valence-corrected chi connectivity index (χ2v) is 3.73. The molecular weight excluding hydrogens is 200 g/mol. The lowest BCUT2D eigenvalue weighted by atomic mass is 10.1. The highest BCUT2D eigenvalue weighted by atomic mass is 16.1. The minimum absolute atomic E-state index is 0.0430. The second kappa shape index (κ2) is 7.01. The molecular formula is C13H20N2O. The van der Waals surface area contributed by atoms with Crippen LogP contribution in [0.1, 0.15) is 25.0 Å². The molecule has 0 radical (unpaired) electrons. The number of hydrogen-bond donors (Lipinski definition) is 2. The molecule has 16 heavy (non-hydrogen) atoms. The zero-order chi connectivity index (χ0) is 11.8. The van der Waals surface area contributed by atoms with Gasteiger partial charge in [0.25, 0.3) is 0 Å². The molecule has 2 N–H and O–H groups in total. The van der Waals surface area contributed by atoms with Crippen LogP contribution in [0.25, 0.3) is 0 Å². The molecule has 88 valence electrons. The first-order valence-corrected chi connectivity index (χ1v) is 5.81. The summed E-state index contributed by atoms with van der Waals surface area (Å²) in [7, 11) is 0. The number of carbonyl (C=O) groups is 1. The molecule has 1 aromatic rings. The van der Waals surface area contributed by atoms with E-state index in [9.17, 15) is 4.79 Å². The predicted octanol–water partition coefficient (Wildman–Crippen LogP) is 1.47. The molecule has 0 saturated carbocycles. The number of amides is 1. The fourth-order valence-corrected chi connectivity index (χ4v) is 1.39. The van der Waals surface area contributed by atoms with Crippen LogP contribution in [0.4, 0.5) is 0 Å². The Morgan fingerprint density at radius 3 is 2.31 bits per heavy atom. The van der Waals surface area contributed by atoms with Gasteiger partial charge in [0.2, 0.25) is 5.91 Å². The van der Waals surface area contributed by atoms with Crippen molar-refractivity contribution < 1.29 is 4.79 Å². The lowest BCUT2D eigenvalue weighted by Gasteiger charge is -2.06. The second-order valence-electron chi connectivity index (χ2n) is 3.73. The highest BCUT2D eigenvalue weighted by Gasteiger charge is 1.99. The zero-order valence-electron chi connectivity index (χ0n) is 10.0. The number of benzene rings is 1. The van der Waals surface area contributed by atoms with E-state index in [2.05, 4.69) is 41.8 Å². The standard InChI is InChI=1S/C13H20N2O/c1-3-11-5-7-12(8-6-11)9-15-13(16)10-14-4-2/h5-8,14H,3-4,9-10H2,1-2H3,(H,15,16). The highest BCUT2D eigenvalue weighted by molar-refractivity contribution is 5.77. The molecule has 0 aliphatic carbocycles. The number of carbonyl (C=O) groups excluding carboxylic acids is 1. The van der Waals surface area contributed by atoms with Gasteiger partial charge in [-0.25, -0.2) is 0 Å². The lowest BCUT2D eigenvalue weighted by molar-refractivity contribution is -0.120. The third-order valence-corrected chi connectivity index (χ3v) is 2.46. The summed E-state index contributed by atoms with van der Waals surface area (Å²) in [6, 6.07) is 8.33. The zero-order valence-corrected chi connectivity index (χ0v) is 10.0. The average molecular weight is 220 g/mol. The Labute approximate surface area is 97.2 Å². The van der Waals surface area contributed by atoms with Crippen molar-refractivity contribution in [2.45, 2.75) is 26.8 Å². The molecule has 3 nitrogen and oxygen atoms in total. The first kappa shape index (κ1) is 12.7. The molecule has 0 saturated heterocycles. The van der Waals surface area contributed by atoms with Gasteiger partial charge in [0.1, 0.15) is 0 Å². The predicted molar refractivity (Wildman–Crippen MR) is 66.2 cm³/mol. The van der Waals surface area contributed by atoms with Crippen molar-refractivity contribution in [3.63, 3.8) is 0 Å². The highest BCUT2D eigenvalue weighted by Crippen LogP contribution is 2.04. The Balaban J connectivity index is 2.33. The fourth-order valence-electron chi connectivity index (χ4n) is 1.39. The van der Waals surface area contributed by atoms with Gasteiger partial charge in [-0.15, -0.1) is 0 Å². The van der Waals surface area contributed by atoms with Crippen LogP contribution in [0, 0.1) is 0 Å². The SMILES string of the molecule is CCNCC(=O)NCc1ccc(CC)cc1. The number of hydrogen-bond acceptors (Lipinski definition) is 2. The summed E-state index contributed by atoms with van der Waals surface area (Å²) in [4.78, 5) is 11.3. The summed E-state index contributed by atoms with van der Waals surface area (Å²) in [6.45, 7) is 5.93. The quantitative estimate of drug-likeness (QED) is 0.762. The third-order valence-electron chi connectivity index (χ3n) is 2.46. The number of nitrogens with one attached hydrogen (secondary N) is 2. The van der Waals surface area contributed by atoms with Crippen LogP contribution in [0.15, 0.2) is 24.3 Å². The maximum Gasteiger partial charge on any atom is 0.234 e. The van der Waals surface area contributed by atoms with Gasteiger partial charge in [-0.2, -0.15) is 0 Å². The van der Waals surface area contributed by atoms with Crippen molar-refractivity contribution in [3.05, 3.63) is 35.4 Å². The van der Waals surface area contributed by atoms with Crippen LogP contribution in [-0.2, 0) is 17.8 Å². The van der Waals surface area contributed by atoms with Crippen LogP contribution in [0.2, 0.25) is 0 Å². The minimum Gasteiger partial charge on any atom is -0.351 e. The first-order valence-electron chi connectivity index (χ1n) is 5.81. The molecule has 0 fully saturated rings. The summed E-state index contributed by atoms with van der Waals surface area (Å²) in [5.41, 5.74) is 2.46. The Kier molecular flexibility index (Phi) is 5.57. The van der Waals surface area contributed by atoms with Crippen LogP contribution in [-0.4, -0.2) is 19.0 Å². The normalized spacial score (nSPS) is 10.1. The van der Waals surface area contributed by atoms with Gasteiger partial charge in [-0.05, 0) is 24.1 Å². The molecule has 0 bridgehead atoms. The largest absolute Gasteiger partial charge is 0.351 e. The summed E-state index contributed by atoms with van der Waals surface area (Å²) in [5.74, 6) is 0.0430. The molecule has 0 aromatic heterocycles. The summed E-state index contributed by atoms with van der Waals surface area (Å²) >= 11 is 0. The molecule has 0 unspecified atom stereocenters. The van der Waals surface area contributed by atoms with Crippen LogP contribution < -0.4 is 10.6 Å². The van der Waals surface area contributed by atoms with Gasteiger partial charge < -0.3 is 10.6 Å². The summed E-state index contributed by atoms with van der Waals surface area (Å²) < 4.78 is 0. The molecule has 1 amide bonds. The Morgan fingerprint density at radius 1 is 1.12 bits per heavy atom. The number of rotatable bonds is 6. The maximum absolute atomic E-state index is 11.3. The number of likely N-dealkylation sites (N-methyl/N-ethyl adjacent to an activating group) is 1. The third kappa shape index (κ3) is 4.45. The molecule has 3 heteroatoms. The minimum atomic E-state index is 0.0430. The van der Waals surface area contributed by atoms with E-state index in [1.165, 1.54) is 5.56 Å². The van der Waals surface area contributed by atoms with Crippen LogP contribution in [0.3, 0.4) is 0 Å². The Hall–Kier alpha value is -1.35. The maximum atomic E-state index is 11.3. The molecule has 1 aromatic carbocycles. The van der Waals surface area contributed by atoms with Crippen molar-refractivity contribution in [1.82, 2.24) is 10.6 Å². The average Bonchev–Trinajstić information content (AvgIpc) is 2.34. The molecule has 0 heterocycles. The van der Waals surface area contributed by atoms with E-state index < -0.39 is 0 Å². The van der Waals surface area contributed by atoms with Gasteiger partial charge in [-0.3, -0.25) is 4.79 Å². The smallest absolute Gasteiger partial charge is 0.234 e. The molecule has 1 rings (SSSR count). The van der Waals surface area contributed by atoms with Gasteiger partial charge in [0.15, 0.2) is 0 Å². The van der Waals surface area contributed by atoms with E-state index in [4.69, 9.17) is 0 Å². The van der Waals surface area contributed by atoms with Crippen molar-refractivity contribution in [3.8, 4) is 0 Å². The van der Waals surface area contributed by atoms with E-state index in [-0.39, 0.29) is 5.91 Å². The van der Waals surface area contributed by atoms with Crippen LogP contribution in [0.5, 0.6) is 0 Å². The Morgan fingerprint density at radius 2 is 1.75 bits per heavy atom. The van der Waals surface area contributed by atoms with E-state index in [1.807, 2.05) is 6.92 Å². The van der Waals surface area contributed by atoms with Crippen LogP contribution >= 0.6 is 0 Å². The topological polar surface area (TPSA) is 41.1 Å². The summed E-state index contributed by atoms with van der Waals surface area (Å²) in [6.07, 6.45) is 1.05. The van der Waals surface area contributed by atoms with E-state index in [1.54, 1.807) is 0 Å². The van der Waals surface area contributed by atoms with Gasteiger partial charge in [-0.1, -0.05) is 38.1 Å². The van der Waals surface area contributed by atoms with Crippen molar-refractivity contribution in [1.29, 1.82) is 0 Å². The molecule has 0 spiro atoms. The van der Waals surface area contributed by atoms with Gasteiger partial charge >= 0.3 is 0 Å². The molecule has 0 aliphatic heterocycles. The lowest BCUT2D eigenvalue weighted by Crippen LogP contribution is -2.33. The number of aryl methyl sites for hydroxylation is 1. The fraction of sp³-hybridized carbons (Fsp3) is 0.462. The van der Waals surface area contributed by atoms with Crippen molar-refractivity contribution in [2.24, 2.45) is 0 Å². The van der Waals surface area contributed by atoms with Gasteiger partial charge in [0.05, 0.1) is 6.54 Å². The van der Waals surface area contributed by atoms with Crippen molar-refractivity contribution in [2.75, 3.05) is 13.1 Å². The van der Waals surface area contributed by atoms with Crippen molar-refractivity contribution >= 4 is 5.91 Å². The Bertz CT molecular complexity index is 319. The summed E-state index contributed by atoms with van der Waals surface area (Å²) in [5, 5.41) is 5.86. The van der Waals surface area contributed by atoms with Gasteiger partial charge in [0, 0.05) is 6.54 Å².